The number of aromatic nitrogens is 4. The van der Waals surface area contributed by atoms with Crippen molar-refractivity contribution >= 4 is 0 Å². The molecule has 0 saturated heterocycles. The number of rotatable bonds is 0. The number of nitrogens with one attached hydrogen (secondary N) is 4. The molecule has 4 aromatic rings. The van der Waals surface area contributed by atoms with Gasteiger partial charge in [0.15, 0.2) is 0 Å². The van der Waals surface area contributed by atoms with Crippen molar-refractivity contribution < 1.29 is 0 Å². The van der Waals surface area contributed by atoms with Gasteiger partial charge in [-0.05, 0) is 48.5 Å². The molecule has 0 fully saturated rings. The zero-order valence-corrected chi connectivity index (χ0v) is 20.4. The fraction of sp³-hybridized carbons (Fsp3) is 0.286. The summed E-state index contributed by atoms with van der Waals surface area (Å²) in [6.07, 6.45) is 10.5. The zero-order valence-electron chi connectivity index (χ0n) is 20.4. The standard InChI is InChI=1S/C28H32N8/c1-2-22-14-24-4-6-26(31-24)16-34-10-12-36(20-34)18-28-8-7-27(32-28)17-35-11-9-33(19-35)15-25-5-3-23(30-25)13-21(1)29-22/h1-12,29-32H,13-20H2. The summed E-state index contributed by atoms with van der Waals surface area (Å²) in [4.78, 5) is 23.9. The minimum absolute atomic E-state index is 0.880. The number of hydrogen-bond donors (Lipinski definition) is 4. The molecule has 0 atom stereocenters. The third kappa shape index (κ3) is 4.54. The van der Waals surface area contributed by atoms with E-state index in [1.54, 1.807) is 0 Å². The first-order valence-corrected chi connectivity index (χ1v) is 12.7. The van der Waals surface area contributed by atoms with E-state index in [1.165, 1.54) is 45.6 Å². The average Bonchev–Trinajstić information content (AvgIpc) is 3.68. The Balaban J connectivity index is 1.11. The molecule has 0 aliphatic carbocycles. The van der Waals surface area contributed by atoms with Gasteiger partial charge in [-0.2, -0.15) is 0 Å². The maximum atomic E-state index is 3.63. The van der Waals surface area contributed by atoms with Crippen LogP contribution in [0.4, 0.5) is 0 Å². The van der Waals surface area contributed by atoms with E-state index in [1.807, 2.05) is 0 Å². The molecule has 4 N–H and O–H groups in total. The highest BCUT2D eigenvalue weighted by molar-refractivity contribution is 5.25. The highest BCUT2D eigenvalue weighted by atomic mass is 15.3. The summed E-state index contributed by atoms with van der Waals surface area (Å²) in [5.74, 6) is 0. The van der Waals surface area contributed by atoms with E-state index in [2.05, 4.69) is 113 Å². The van der Waals surface area contributed by atoms with Gasteiger partial charge in [-0.15, -0.1) is 0 Å². The van der Waals surface area contributed by atoms with E-state index < -0.39 is 0 Å². The molecule has 0 saturated carbocycles. The second kappa shape index (κ2) is 8.78. The van der Waals surface area contributed by atoms with Crippen LogP contribution in [0.3, 0.4) is 0 Å². The third-order valence-electron chi connectivity index (χ3n) is 7.19. The van der Waals surface area contributed by atoms with Crippen LogP contribution < -0.4 is 0 Å². The lowest BCUT2D eigenvalue weighted by Crippen LogP contribution is -2.25. The van der Waals surface area contributed by atoms with E-state index in [0.717, 1.165) is 52.4 Å². The second-order valence-electron chi connectivity index (χ2n) is 10.3. The molecule has 36 heavy (non-hydrogen) atoms. The van der Waals surface area contributed by atoms with Gasteiger partial charge in [-0.3, -0.25) is 0 Å². The maximum Gasteiger partial charge on any atom is 0.0901 e. The van der Waals surface area contributed by atoms with Crippen LogP contribution in [0.25, 0.3) is 0 Å². The minimum Gasteiger partial charge on any atom is -0.362 e. The summed E-state index contributed by atoms with van der Waals surface area (Å²) in [6.45, 7) is 5.32. The molecule has 3 aliphatic heterocycles. The Morgan fingerprint density at radius 2 is 0.611 bits per heavy atom. The summed E-state index contributed by atoms with van der Waals surface area (Å²) in [5, 5.41) is 0. The topological polar surface area (TPSA) is 76.1 Å². The van der Waals surface area contributed by atoms with Crippen LogP contribution in [0.1, 0.15) is 45.6 Å². The smallest absolute Gasteiger partial charge is 0.0901 e. The van der Waals surface area contributed by atoms with E-state index >= 15 is 0 Å². The van der Waals surface area contributed by atoms with Crippen LogP contribution in [0.15, 0.2) is 73.3 Å². The summed E-state index contributed by atoms with van der Waals surface area (Å²) >= 11 is 0. The molecule has 8 nitrogen and oxygen atoms in total. The predicted molar refractivity (Wildman–Crippen MR) is 139 cm³/mol. The van der Waals surface area contributed by atoms with Crippen molar-refractivity contribution in [2.24, 2.45) is 0 Å². The van der Waals surface area contributed by atoms with Gasteiger partial charge in [0, 0.05) is 83.2 Å². The second-order valence-corrected chi connectivity index (χ2v) is 10.3. The van der Waals surface area contributed by atoms with Crippen molar-refractivity contribution in [2.45, 2.75) is 39.0 Å². The van der Waals surface area contributed by atoms with E-state index in [-0.39, 0.29) is 0 Å². The Bertz CT molecular complexity index is 1300. The molecular weight excluding hydrogens is 448 g/mol. The lowest BCUT2D eigenvalue weighted by atomic mass is 10.2. The van der Waals surface area contributed by atoms with Crippen molar-refractivity contribution in [1.82, 2.24) is 39.5 Å². The maximum absolute atomic E-state index is 3.63. The van der Waals surface area contributed by atoms with Crippen molar-refractivity contribution in [3.63, 3.8) is 0 Å². The van der Waals surface area contributed by atoms with Gasteiger partial charge in [0.05, 0.1) is 39.5 Å². The first-order chi connectivity index (χ1) is 17.7. The normalized spacial score (nSPS) is 17.8. The minimum atomic E-state index is 0.880. The Labute approximate surface area is 210 Å². The van der Waals surface area contributed by atoms with Crippen LogP contribution in [0.2, 0.25) is 0 Å². The molecule has 7 heterocycles. The van der Waals surface area contributed by atoms with Gasteiger partial charge < -0.3 is 39.5 Å². The molecule has 0 amide bonds. The Kier molecular flexibility index (Phi) is 5.15. The highest BCUT2D eigenvalue weighted by Gasteiger charge is 2.17. The van der Waals surface area contributed by atoms with Crippen LogP contribution in [0.5, 0.6) is 0 Å². The molecule has 8 heteroatoms. The van der Waals surface area contributed by atoms with Crippen molar-refractivity contribution in [1.29, 1.82) is 0 Å². The monoisotopic (exact) mass is 480 g/mol. The molecular formula is C28H32N8. The number of nitrogens with zero attached hydrogens (tertiary/aromatic N) is 4. The Morgan fingerprint density at radius 3 is 0.944 bits per heavy atom. The molecule has 184 valence electrons. The Hall–Kier alpha value is -4.20. The van der Waals surface area contributed by atoms with Gasteiger partial charge in [0.25, 0.3) is 0 Å². The molecule has 0 aromatic carbocycles. The quantitative estimate of drug-likeness (QED) is 0.307. The fourth-order valence-electron chi connectivity index (χ4n) is 5.47. The summed E-state index contributed by atoms with van der Waals surface area (Å²) in [6, 6.07) is 17.7. The number of hydrogen-bond acceptors (Lipinski definition) is 4. The van der Waals surface area contributed by atoms with Gasteiger partial charge in [0.2, 0.25) is 0 Å². The molecule has 4 aromatic heterocycles. The average molecular weight is 481 g/mol. The number of H-pyrrole nitrogens is 4. The molecule has 0 radical (unpaired) electrons. The predicted octanol–water partition coefficient (Wildman–Crippen LogP) is 3.99. The van der Waals surface area contributed by atoms with Gasteiger partial charge >= 0.3 is 0 Å². The van der Waals surface area contributed by atoms with E-state index in [4.69, 9.17) is 0 Å². The van der Waals surface area contributed by atoms with Gasteiger partial charge in [0.1, 0.15) is 0 Å². The lowest BCUT2D eigenvalue weighted by molar-refractivity contribution is 0.248. The summed E-state index contributed by atoms with van der Waals surface area (Å²) in [5.41, 5.74) is 9.93. The molecule has 3 aliphatic rings. The van der Waals surface area contributed by atoms with Gasteiger partial charge in [-0.25, -0.2) is 0 Å². The van der Waals surface area contributed by atoms with Crippen molar-refractivity contribution in [3.8, 4) is 0 Å². The van der Waals surface area contributed by atoms with Crippen LogP contribution >= 0.6 is 0 Å². The third-order valence-corrected chi connectivity index (χ3v) is 7.19. The molecule has 12 bridgehead atoms. The van der Waals surface area contributed by atoms with Crippen molar-refractivity contribution in [3.05, 3.63) is 119 Å². The van der Waals surface area contributed by atoms with Gasteiger partial charge in [-0.1, -0.05) is 0 Å². The first-order valence-electron chi connectivity index (χ1n) is 12.7. The van der Waals surface area contributed by atoms with Crippen molar-refractivity contribution in [2.75, 3.05) is 13.3 Å². The molecule has 7 rings (SSSR count). The van der Waals surface area contributed by atoms with E-state index in [0.29, 0.717) is 0 Å². The summed E-state index contributed by atoms with van der Waals surface area (Å²) in [7, 11) is 0. The number of aromatic amines is 4. The van der Waals surface area contributed by atoms with Crippen LogP contribution in [0, 0.1) is 0 Å². The molecule has 0 unspecified atom stereocenters. The highest BCUT2D eigenvalue weighted by Crippen LogP contribution is 2.19. The summed E-state index contributed by atoms with van der Waals surface area (Å²) < 4.78 is 0. The fourth-order valence-corrected chi connectivity index (χ4v) is 5.47. The number of fused-ring (bicyclic) bond motifs is 12. The van der Waals surface area contributed by atoms with E-state index in [9.17, 15) is 0 Å². The molecule has 0 spiro atoms. The Morgan fingerprint density at radius 1 is 0.361 bits per heavy atom. The lowest BCUT2D eigenvalue weighted by Gasteiger charge is -2.21. The van der Waals surface area contributed by atoms with Crippen LogP contribution in [-0.4, -0.2) is 52.9 Å². The zero-order chi connectivity index (χ0) is 23.9. The largest absolute Gasteiger partial charge is 0.362 e. The van der Waals surface area contributed by atoms with Crippen LogP contribution in [-0.2, 0) is 39.0 Å². The first kappa shape index (κ1) is 21.1. The SMILES string of the molecule is C1=CN2Cc3ccc([nH]3)CN3C=CN(Cc4ccc([nH]4)Cc4ccc([nH]4)Cc4ccc([nH]4)CN1C2)C3.